The van der Waals surface area contributed by atoms with Gasteiger partial charge in [0.2, 0.25) is 5.91 Å². The van der Waals surface area contributed by atoms with Gasteiger partial charge in [-0.2, -0.15) is 0 Å². The van der Waals surface area contributed by atoms with Gasteiger partial charge >= 0.3 is 0 Å². The monoisotopic (exact) mass is 277 g/mol. The Hall–Kier alpha value is -2.24. The SMILES string of the molecule is COc1cc(N)cc(C(=O)NC(C)C(=O)NC2CC2)c1. The largest absolute Gasteiger partial charge is 0.497 e. The number of nitrogens with two attached hydrogens (primary N) is 1. The fourth-order valence-corrected chi connectivity index (χ4v) is 1.77. The summed E-state index contributed by atoms with van der Waals surface area (Å²) >= 11 is 0. The van der Waals surface area contributed by atoms with Crippen molar-refractivity contribution in [2.24, 2.45) is 0 Å². The minimum Gasteiger partial charge on any atom is -0.497 e. The first-order valence-electron chi connectivity index (χ1n) is 6.55. The van der Waals surface area contributed by atoms with Gasteiger partial charge in [0.05, 0.1) is 7.11 Å². The van der Waals surface area contributed by atoms with Crippen molar-refractivity contribution in [3.63, 3.8) is 0 Å². The quantitative estimate of drug-likeness (QED) is 0.690. The Morgan fingerprint density at radius 3 is 2.65 bits per heavy atom. The van der Waals surface area contributed by atoms with Crippen LogP contribution in [0.15, 0.2) is 18.2 Å². The number of carbonyl (C=O) groups excluding carboxylic acids is 2. The van der Waals surface area contributed by atoms with E-state index in [0.717, 1.165) is 12.8 Å². The standard InChI is InChI=1S/C14H19N3O3/c1-8(13(18)17-11-3-4-11)16-14(19)9-5-10(15)7-12(6-9)20-2/h5-8,11H,3-4,15H2,1-2H3,(H,16,19)(H,17,18). The number of ether oxygens (including phenoxy) is 1. The zero-order chi connectivity index (χ0) is 14.7. The van der Waals surface area contributed by atoms with Crippen LogP contribution in [0.2, 0.25) is 0 Å². The highest BCUT2D eigenvalue weighted by Gasteiger charge is 2.26. The second-order valence-electron chi connectivity index (χ2n) is 4.97. The van der Waals surface area contributed by atoms with Crippen molar-refractivity contribution in [2.45, 2.75) is 31.8 Å². The average molecular weight is 277 g/mol. The molecule has 1 atom stereocenters. The fourth-order valence-electron chi connectivity index (χ4n) is 1.77. The molecule has 0 saturated heterocycles. The molecule has 2 rings (SSSR count). The summed E-state index contributed by atoms with van der Waals surface area (Å²) in [6.45, 7) is 1.65. The van der Waals surface area contributed by atoms with Crippen molar-refractivity contribution in [3.05, 3.63) is 23.8 Å². The van der Waals surface area contributed by atoms with Gasteiger partial charge in [-0.15, -0.1) is 0 Å². The number of hydrogen-bond donors (Lipinski definition) is 3. The van der Waals surface area contributed by atoms with Crippen molar-refractivity contribution < 1.29 is 14.3 Å². The number of carbonyl (C=O) groups is 2. The first-order chi connectivity index (χ1) is 9.49. The number of amides is 2. The van der Waals surface area contributed by atoms with Gasteiger partial charge in [0, 0.05) is 23.4 Å². The summed E-state index contributed by atoms with van der Waals surface area (Å²) in [4.78, 5) is 23.9. The van der Waals surface area contributed by atoms with Crippen LogP contribution in [0, 0.1) is 0 Å². The lowest BCUT2D eigenvalue weighted by Gasteiger charge is -2.14. The van der Waals surface area contributed by atoms with E-state index in [9.17, 15) is 9.59 Å². The summed E-state index contributed by atoms with van der Waals surface area (Å²) in [6.07, 6.45) is 2.03. The highest BCUT2D eigenvalue weighted by molar-refractivity contribution is 5.98. The Morgan fingerprint density at radius 2 is 2.05 bits per heavy atom. The third-order valence-electron chi connectivity index (χ3n) is 3.09. The summed E-state index contributed by atoms with van der Waals surface area (Å²) in [5, 5.41) is 5.49. The second kappa shape index (κ2) is 5.81. The molecule has 108 valence electrons. The normalized spacial score (nSPS) is 15.3. The Labute approximate surface area is 117 Å². The van der Waals surface area contributed by atoms with Crippen LogP contribution in [0.1, 0.15) is 30.1 Å². The van der Waals surface area contributed by atoms with E-state index >= 15 is 0 Å². The molecule has 0 bridgehead atoms. The van der Waals surface area contributed by atoms with Gasteiger partial charge < -0.3 is 21.1 Å². The molecule has 6 heteroatoms. The van der Waals surface area contributed by atoms with E-state index in [1.807, 2.05) is 0 Å². The molecule has 0 aromatic heterocycles. The summed E-state index contributed by atoms with van der Waals surface area (Å²) in [5.41, 5.74) is 6.50. The van der Waals surface area contributed by atoms with Crippen LogP contribution in [-0.4, -0.2) is 31.0 Å². The molecule has 0 heterocycles. The zero-order valence-corrected chi connectivity index (χ0v) is 11.6. The summed E-state index contributed by atoms with van der Waals surface area (Å²) in [6, 6.07) is 4.44. The number of nitrogen functional groups attached to an aromatic ring is 1. The van der Waals surface area contributed by atoms with E-state index in [1.54, 1.807) is 25.1 Å². The Kier molecular flexibility index (Phi) is 4.12. The topological polar surface area (TPSA) is 93.4 Å². The van der Waals surface area contributed by atoms with Gasteiger partial charge in [-0.25, -0.2) is 0 Å². The first-order valence-corrected chi connectivity index (χ1v) is 6.55. The maximum Gasteiger partial charge on any atom is 0.252 e. The van der Waals surface area contributed by atoms with Crippen molar-refractivity contribution in [2.75, 3.05) is 12.8 Å². The Morgan fingerprint density at radius 1 is 1.35 bits per heavy atom. The summed E-state index contributed by atoms with van der Waals surface area (Å²) in [5.74, 6) is -0.0176. The Balaban J connectivity index is 1.99. The van der Waals surface area contributed by atoms with Crippen LogP contribution in [0.3, 0.4) is 0 Å². The molecular weight excluding hydrogens is 258 g/mol. The molecule has 1 aromatic rings. The highest BCUT2D eigenvalue weighted by Crippen LogP contribution is 2.19. The molecule has 1 fully saturated rings. The minimum atomic E-state index is -0.587. The van der Waals surface area contributed by atoms with E-state index in [1.165, 1.54) is 7.11 Å². The van der Waals surface area contributed by atoms with Crippen molar-refractivity contribution in [1.29, 1.82) is 0 Å². The van der Waals surface area contributed by atoms with Crippen molar-refractivity contribution in [3.8, 4) is 5.75 Å². The lowest BCUT2D eigenvalue weighted by Crippen LogP contribution is -2.45. The van der Waals surface area contributed by atoms with Crippen molar-refractivity contribution in [1.82, 2.24) is 10.6 Å². The molecule has 1 aliphatic rings. The molecule has 0 aliphatic heterocycles. The van der Waals surface area contributed by atoms with Crippen LogP contribution < -0.4 is 21.1 Å². The summed E-state index contributed by atoms with van der Waals surface area (Å²) < 4.78 is 5.06. The number of hydrogen-bond acceptors (Lipinski definition) is 4. The van der Waals surface area contributed by atoms with Gasteiger partial charge in [0.1, 0.15) is 11.8 Å². The van der Waals surface area contributed by atoms with E-state index in [4.69, 9.17) is 10.5 Å². The number of nitrogens with one attached hydrogen (secondary N) is 2. The van der Waals surface area contributed by atoms with Crippen LogP contribution in [0.25, 0.3) is 0 Å². The number of benzene rings is 1. The molecule has 1 aromatic carbocycles. The van der Waals surface area contributed by atoms with Gasteiger partial charge in [-0.1, -0.05) is 0 Å². The number of anilines is 1. The smallest absolute Gasteiger partial charge is 0.252 e. The van der Waals surface area contributed by atoms with Crippen LogP contribution in [0.5, 0.6) is 5.75 Å². The van der Waals surface area contributed by atoms with Gasteiger partial charge in [0.15, 0.2) is 0 Å². The number of methoxy groups -OCH3 is 1. The highest BCUT2D eigenvalue weighted by atomic mass is 16.5. The van der Waals surface area contributed by atoms with E-state index in [-0.39, 0.29) is 17.9 Å². The Bertz CT molecular complexity index is 526. The first kappa shape index (κ1) is 14.2. The molecule has 0 spiro atoms. The van der Waals surface area contributed by atoms with Crippen molar-refractivity contribution >= 4 is 17.5 Å². The van der Waals surface area contributed by atoms with Crippen LogP contribution in [0.4, 0.5) is 5.69 Å². The zero-order valence-electron chi connectivity index (χ0n) is 11.6. The van der Waals surface area contributed by atoms with Crippen LogP contribution in [-0.2, 0) is 4.79 Å². The van der Waals surface area contributed by atoms with E-state index in [0.29, 0.717) is 17.0 Å². The van der Waals surface area contributed by atoms with E-state index < -0.39 is 6.04 Å². The number of rotatable bonds is 5. The molecule has 0 radical (unpaired) electrons. The molecular formula is C14H19N3O3. The molecule has 2 amide bonds. The molecule has 4 N–H and O–H groups in total. The third-order valence-corrected chi connectivity index (χ3v) is 3.09. The van der Waals surface area contributed by atoms with Gasteiger partial charge in [-0.05, 0) is 31.9 Å². The predicted molar refractivity (Wildman–Crippen MR) is 75.5 cm³/mol. The van der Waals surface area contributed by atoms with Gasteiger partial charge in [-0.3, -0.25) is 9.59 Å². The maximum absolute atomic E-state index is 12.1. The van der Waals surface area contributed by atoms with Crippen LogP contribution >= 0.6 is 0 Å². The molecule has 1 aliphatic carbocycles. The third kappa shape index (κ3) is 3.63. The predicted octanol–water partition coefficient (Wildman–Crippen LogP) is 0.674. The second-order valence-corrected chi connectivity index (χ2v) is 4.97. The molecule has 1 saturated carbocycles. The van der Waals surface area contributed by atoms with E-state index in [2.05, 4.69) is 10.6 Å². The summed E-state index contributed by atoms with van der Waals surface area (Å²) in [7, 11) is 1.50. The van der Waals surface area contributed by atoms with Gasteiger partial charge in [0.25, 0.3) is 5.91 Å². The average Bonchev–Trinajstić information content (AvgIpc) is 3.21. The fraction of sp³-hybridized carbons (Fsp3) is 0.429. The molecule has 20 heavy (non-hydrogen) atoms. The lowest BCUT2D eigenvalue weighted by atomic mass is 10.1. The molecule has 1 unspecified atom stereocenters. The maximum atomic E-state index is 12.1. The molecule has 6 nitrogen and oxygen atoms in total. The minimum absolute atomic E-state index is 0.170. The lowest BCUT2D eigenvalue weighted by molar-refractivity contribution is -0.122.